The van der Waals surface area contributed by atoms with Gasteiger partial charge in [0.25, 0.3) is 0 Å². The number of hydrogen-bond acceptors (Lipinski definition) is 2. The fraction of sp³-hybridized carbons (Fsp3) is 0.900. The lowest BCUT2D eigenvalue weighted by Crippen LogP contribution is -2.41. The highest BCUT2D eigenvalue weighted by molar-refractivity contribution is 5.81. The second kappa shape index (κ2) is 4.61. The number of hydrogen-bond donors (Lipinski definition) is 2. The molecule has 1 rings (SSSR count). The van der Waals surface area contributed by atoms with E-state index < -0.39 is 0 Å². The van der Waals surface area contributed by atoms with Gasteiger partial charge in [-0.3, -0.25) is 4.79 Å². The van der Waals surface area contributed by atoms with Crippen LogP contribution in [0.4, 0.5) is 0 Å². The van der Waals surface area contributed by atoms with Gasteiger partial charge in [-0.1, -0.05) is 20.3 Å². The van der Waals surface area contributed by atoms with E-state index >= 15 is 0 Å². The Kier molecular flexibility index (Phi) is 3.72. The van der Waals surface area contributed by atoms with Crippen molar-refractivity contribution in [3.8, 4) is 0 Å². The summed E-state index contributed by atoms with van der Waals surface area (Å²) in [5.74, 6) is 0.740. The van der Waals surface area contributed by atoms with Crippen LogP contribution in [-0.4, -0.2) is 18.0 Å². The van der Waals surface area contributed by atoms with Crippen molar-refractivity contribution < 1.29 is 4.79 Å². The van der Waals surface area contributed by atoms with Crippen LogP contribution < -0.4 is 11.1 Å². The van der Waals surface area contributed by atoms with Crippen LogP contribution in [0.25, 0.3) is 0 Å². The molecule has 0 aromatic rings. The molecule has 1 aliphatic carbocycles. The third-order valence-electron chi connectivity index (χ3n) is 2.69. The van der Waals surface area contributed by atoms with Crippen LogP contribution in [0.5, 0.6) is 0 Å². The summed E-state index contributed by atoms with van der Waals surface area (Å²) in [6.07, 6.45) is 4.30. The molecule has 0 saturated heterocycles. The quantitative estimate of drug-likeness (QED) is 0.670. The van der Waals surface area contributed by atoms with E-state index in [1.807, 2.05) is 6.92 Å². The minimum Gasteiger partial charge on any atom is -0.352 e. The van der Waals surface area contributed by atoms with Gasteiger partial charge in [0.1, 0.15) is 0 Å². The van der Waals surface area contributed by atoms with Gasteiger partial charge in [-0.15, -0.1) is 0 Å². The predicted molar refractivity (Wildman–Crippen MR) is 53.2 cm³/mol. The van der Waals surface area contributed by atoms with Gasteiger partial charge < -0.3 is 11.1 Å². The molecular formula is C10H20N2O. The highest BCUT2D eigenvalue weighted by Gasteiger charge is 2.37. The number of nitrogens with two attached hydrogens (primary N) is 1. The van der Waals surface area contributed by atoms with E-state index in [-0.39, 0.29) is 11.9 Å². The molecule has 1 amide bonds. The molecule has 1 aliphatic rings. The normalized spacial score (nSPS) is 28.2. The zero-order chi connectivity index (χ0) is 9.84. The van der Waals surface area contributed by atoms with Crippen LogP contribution in [-0.2, 0) is 4.79 Å². The molecule has 13 heavy (non-hydrogen) atoms. The lowest BCUT2D eigenvalue weighted by Gasteiger charge is -2.09. The van der Waals surface area contributed by atoms with Crippen molar-refractivity contribution in [1.29, 1.82) is 0 Å². The van der Waals surface area contributed by atoms with Gasteiger partial charge in [0.15, 0.2) is 0 Å². The van der Waals surface area contributed by atoms with Gasteiger partial charge in [-0.25, -0.2) is 0 Å². The topological polar surface area (TPSA) is 55.1 Å². The van der Waals surface area contributed by atoms with Crippen molar-refractivity contribution in [2.24, 2.45) is 11.7 Å². The maximum absolute atomic E-state index is 11.3. The average Bonchev–Trinajstić information content (AvgIpc) is 2.83. The molecular weight excluding hydrogens is 164 g/mol. The summed E-state index contributed by atoms with van der Waals surface area (Å²) < 4.78 is 0. The second-order valence-corrected chi connectivity index (χ2v) is 3.91. The molecule has 0 aromatic heterocycles. The smallest absolute Gasteiger partial charge is 0.237 e. The maximum atomic E-state index is 11.3. The third-order valence-corrected chi connectivity index (χ3v) is 2.69. The van der Waals surface area contributed by atoms with Crippen LogP contribution in [0, 0.1) is 5.92 Å². The number of amides is 1. The van der Waals surface area contributed by atoms with E-state index in [1.165, 1.54) is 12.8 Å². The van der Waals surface area contributed by atoms with E-state index in [2.05, 4.69) is 12.2 Å². The molecule has 0 spiro atoms. The molecule has 3 atom stereocenters. The summed E-state index contributed by atoms with van der Waals surface area (Å²) in [7, 11) is 0. The molecule has 3 unspecified atom stereocenters. The second-order valence-electron chi connectivity index (χ2n) is 3.91. The Morgan fingerprint density at radius 2 is 2.31 bits per heavy atom. The van der Waals surface area contributed by atoms with Gasteiger partial charge >= 0.3 is 0 Å². The molecule has 3 heteroatoms. The van der Waals surface area contributed by atoms with Gasteiger partial charge in [0, 0.05) is 6.04 Å². The van der Waals surface area contributed by atoms with Crippen molar-refractivity contribution >= 4 is 5.91 Å². The molecule has 0 heterocycles. The first kappa shape index (κ1) is 10.5. The van der Waals surface area contributed by atoms with Gasteiger partial charge in [-0.2, -0.15) is 0 Å². The molecule has 76 valence electrons. The van der Waals surface area contributed by atoms with Crippen LogP contribution >= 0.6 is 0 Å². The van der Waals surface area contributed by atoms with Crippen molar-refractivity contribution in [2.75, 3.05) is 0 Å². The summed E-state index contributed by atoms with van der Waals surface area (Å²) in [5.41, 5.74) is 5.60. The summed E-state index contributed by atoms with van der Waals surface area (Å²) in [6.45, 7) is 4.11. The van der Waals surface area contributed by atoms with Crippen molar-refractivity contribution in [3.05, 3.63) is 0 Å². The van der Waals surface area contributed by atoms with Crippen molar-refractivity contribution in [1.82, 2.24) is 5.32 Å². The minimum atomic E-state index is -0.317. The van der Waals surface area contributed by atoms with E-state index in [9.17, 15) is 4.79 Å². The number of carbonyl (C=O) groups is 1. The third kappa shape index (κ3) is 2.99. The molecule has 0 radical (unpaired) electrons. The zero-order valence-corrected chi connectivity index (χ0v) is 8.55. The van der Waals surface area contributed by atoms with E-state index in [0.717, 1.165) is 18.8 Å². The Hall–Kier alpha value is -0.570. The first-order chi connectivity index (χ1) is 6.19. The standard InChI is InChI=1S/C10H20N2O/c1-3-5-7-6-9(7)12-10(13)8(11)4-2/h7-9H,3-6,11H2,1-2H3,(H,12,13). The van der Waals surface area contributed by atoms with Gasteiger partial charge in [-0.05, 0) is 25.2 Å². The summed E-state index contributed by atoms with van der Waals surface area (Å²) in [6, 6.07) is 0.105. The highest BCUT2D eigenvalue weighted by Crippen LogP contribution is 2.34. The van der Waals surface area contributed by atoms with Crippen molar-refractivity contribution in [2.45, 2.75) is 51.6 Å². The van der Waals surface area contributed by atoms with Gasteiger partial charge in [0.2, 0.25) is 5.91 Å². The molecule has 3 nitrogen and oxygen atoms in total. The number of nitrogens with one attached hydrogen (secondary N) is 1. The fourth-order valence-electron chi connectivity index (χ4n) is 1.59. The first-order valence-electron chi connectivity index (χ1n) is 5.25. The molecule has 0 bridgehead atoms. The largest absolute Gasteiger partial charge is 0.352 e. The molecule has 0 aliphatic heterocycles. The van der Waals surface area contributed by atoms with Gasteiger partial charge in [0.05, 0.1) is 6.04 Å². The van der Waals surface area contributed by atoms with Crippen LogP contribution in [0.15, 0.2) is 0 Å². The molecule has 1 saturated carbocycles. The first-order valence-corrected chi connectivity index (χ1v) is 5.25. The Morgan fingerprint density at radius 1 is 1.62 bits per heavy atom. The fourth-order valence-corrected chi connectivity index (χ4v) is 1.59. The number of rotatable bonds is 5. The van der Waals surface area contributed by atoms with E-state index in [1.54, 1.807) is 0 Å². The molecule has 1 fully saturated rings. The lowest BCUT2D eigenvalue weighted by atomic mass is 10.2. The Morgan fingerprint density at radius 3 is 2.85 bits per heavy atom. The van der Waals surface area contributed by atoms with E-state index in [0.29, 0.717) is 6.04 Å². The molecule has 0 aromatic carbocycles. The Balaban J connectivity index is 2.16. The summed E-state index contributed by atoms with van der Waals surface area (Å²) >= 11 is 0. The van der Waals surface area contributed by atoms with Crippen LogP contribution in [0.3, 0.4) is 0 Å². The van der Waals surface area contributed by atoms with Crippen LogP contribution in [0.2, 0.25) is 0 Å². The highest BCUT2D eigenvalue weighted by atomic mass is 16.2. The summed E-state index contributed by atoms with van der Waals surface area (Å²) in [4.78, 5) is 11.3. The lowest BCUT2D eigenvalue weighted by molar-refractivity contribution is -0.122. The SMILES string of the molecule is CCCC1CC1NC(=O)C(N)CC. The monoisotopic (exact) mass is 184 g/mol. The Labute approximate surface area is 80.1 Å². The minimum absolute atomic E-state index is 0.0195. The molecule has 3 N–H and O–H groups in total. The number of carbonyl (C=O) groups excluding carboxylic acids is 1. The Bertz CT molecular complexity index is 182. The predicted octanol–water partition coefficient (Wildman–Crippen LogP) is 1.03. The van der Waals surface area contributed by atoms with Crippen molar-refractivity contribution in [3.63, 3.8) is 0 Å². The summed E-state index contributed by atoms with van der Waals surface area (Å²) in [5, 5.41) is 2.98. The average molecular weight is 184 g/mol. The maximum Gasteiger partial charge on any atom is 0.237 e. The zero-order valence-electron chi connectivity index (χ0n) is 8.55. The van der Waals surface area contributed by atoms with E-state index in [4.69, 9.17) is 5.73 Å². The van der Waals surface area contributed by atoms with Crippen LogP contribution in [0.1, 0.15) is 39.5 Å².